The summed E-state index contributed by atoms with van der Waals surface area (Å²) in [5.74, 6) is -0.670. The van der Waals surface area contributed by atoms with Crippen molar-refractivity contribution in [2.75, 3.05) is 26.2 Å². The molecule has 0 heterocycles. The summed E-state index contributed by atoms with van der Waals surface area (Å²) < 4.78 is 5.01. The van der Waals surface area contributed by atoms with Crippen LogP contribution in [-0.4, -0.2) is 53.7 Å². The second kappa shape index (κ2) is 7.59. The van der Waals surface area contributed by atoms with Gasteiger partial charge in [-0.1, -0.05) is 6.92 Å². The Bertz CT molecular complexity index is 338. The molecular weight excluding hydrogens is 260 g/mol. The summed E-state index contributed by atoms with van der Waals surface area (Å²) in [6, 6.07) is 0. The summed E-state index contributed by atoms with van der Waals surface area (Å²) in [7, 11) is 0. The number of hydrogen-bond acceptors (Lipinski definition) is 5. The van der Waals surface area contributed by atoms with E-state index in [2.05, 4.69) is 0 Å². The molecular formula is C14H26N2O4. The maximum Gasteiger partial charge on any atom is 0.308 e. The van der Waals surface area contributed by atoms with Gasteiger partial charge in [0.2, 0.25) is 5.91 Å². The fraction of sp³-hybridized carbons (Fsp3) is 0.857. The van der Waals surface area contributed by atoms with Crippen molar-refractivity contribution in [2.45, 2.75) is 45.1 Å². The molecule has 1 rings (SSSR count). The van der Waals surface area contributed by atoms with Crippen molar-refractivity contribution in [1.82, 2.24) is 4.90 Å². The van der Waals surface area contributed by atoms with E-state index < -0.39 is 11.5 Å². The van der Waals surface area contributed by atoms with Crippen molar-refractivity contribution in [1.29, 1.82) is 0 Å². The van der Waals surface area contributed by atoms with Gasteiger partial charge >= 0.3 is 5.97 Å². The zero-order valence-electron chi connectivity index (χ0n) is 12.4. The third-order valence-electron chi connectivity index (χ3n) is 3.88. The van der Waals surface area contributed by atoms with Crippen LogP contribution in [0.15, 0.2) is 0 Å². The molecule has 0 aromatic rings. The molecule has 116 valence electrons. The van der Waals surface area contributed by atoms with Crippen LogP contribution >= 0.6 is 0 Å². The van der Waals surface area contributed by atoms with E-state index in [0.717, 1.165) is 0 Å². The van der Waals surface area contributed by atoms with E-state index in [1.54, 1.807) is 6.92 Å². The van der Waals surface area contributed by atoms with Crippen LogP contribution in [0.4, 0.5) is 0 Å². The van der Waals surface area contributed by atoms with Gasteiger partial charge in [-0.2, -0.15) is 0 Å². The molecule has 0 aromatic heterocycles. The molecule has 0 spiro atoms. The Hall–Kier alpha value is -1.14. The van der Waals surface area contributed by atoms with Gasteiger partial charge in [0.15, 0.2) is 0 Å². The summed E-state index contributed by atoms with van der Waals surface area (Å²) in [5, 5.41) is 10.6. The summed E-state index contributed by atoms with van der Waals surface area (Å²) >= 11 is 0. The second-order valence-corrected chi connectivity index (χ2v) is 5.52. The van der Waals surface area contributed by atoms with Gasteiger partial charge in [-0.05, 0) is 39.2 Å². The number of hydrogen-bond donors (Lipinski definition) is 2. The van der Waals surface area contributed by atoms with Crippen LogP contribution < -0.4 is 5.73 Å². The standard InChI is InChI=1S/C14H26N2O4/c1-3-16(9-12(15)17)10-14(19)7-5-11(6-8-14)13(18)20-4-2/h11,19H,3-10H2,1-2H3,(H2,15,17). The molecule has 20 heavy (non-hydrogen) atoms. The van der Waals surface area contributed by atoms with E-state index in [9.17, 15) is 14.7 Å². The maximum atomic E-state index is 11.7. The van der Waals surface area contributed by atoms with Crippen LogP contribution in [0.25, 0.3) is 0 Å². The lowest BCUT2D eigenvalue weighted by Gasteiger charge is -2.38. The van der Waals surface area contributed by atoms with Crippen molar-refractivity contribution in [3.05, 3.63) is 0 Å². The summed E-state index contributed by atoms with van der Waals surface area (Å²) in [5.41, 5.74) is 4.35. The zero-order valence-corrected chi connectivity index (χ0v) is 12.4. The highest BCUT2D eigenvalue weighted by molar-refractivity contribution is 5.75. The lowest BCUT2D eigenvalue weighted by atomic mass is 9.78. The van der Waals surface area contributed by atoms with Crippen LogP contribution in [0.5, 0.6) is 0 Å². The minimum Gasteiger partial charge on any atom is -0.466 e. The van der Waals surface area contributed by atoms with Gasteiger partial charge in [0.1, 0.15) is 0 Å². The van der Waals surface area contributed by atoms with Gasteiger partial charge in [0.05, 0.1) is 24.7 Å². The number of amides is 1. The highest BCUT2D eigenvalue weighted by atomic mass is 16.5. The number of nitrogens with two attached hydrogens (primary N) is 1. The van der Waals surface area contributed by atoms with Crippen LogP contribution in [0.3, 0.4) is 0 Å². The molecule has 6 nitrogen and oxygen atoms in total. The summed E-state index contributed by atoms with van der Waals surface area (Å²) in [6.45, 7) is 5.34. The Labute approximate surface area is 120 Å². The first-order valence-corrected chi connectivity index (χ1v) is 7.30. The van der Waals surface area contributed by atoms with Gasteiger partial charge in [0.25, 0.3) is 0 Å². The van der Waals surface area contributed by atoms with Gasteiger partial charge in [-0.3, -0.25) is 14.5 Å². The van der Waals surface area contributed by atoms with E-state index in [-0.39, 0.29) is 18.4 Å². The summed E-state index contributed by atoms with van der Waals surface area (Å²) in [6.07, 6.45) is 2.35. The Balaban J connectivity index is 2.48. The van der Waals surface area contributed by atoms with E-state index in [1.165, 1.54) is 0 Å². The molecule has 3 N–H and O–H groups in total. The first-order valence-electron chi connectivity index (χ1n) is 7.30. The molecule has 0 aliphatic heterocycles. The van der Waals surface area contributed by atoms with Gasteiger partial charge in [0, 0.05) is 6.54 Å². The molecule has 0 unspecified atom stereocenters. The minimum atomic E-state index is -0.839. The fourth-order valence-electron chi connectivity index (χ4n) is 2.73. The predicted molar refractivity (Wildman–Crippen MR) is 74.8 cm³/mol. The Morgan fingerprint density at radius 1 is 1.35 bits per heavy atom. The van der Waals surface area contributed by atoms with Crippen molar-refractivity contribution >= 4 is 11.9 Å². The van der Waals surface area contributed by atoms with Crippen molar-refractivity contribution in [3.63, 3.8) is 0 Å². The molecule has 0 bridgehead atoms. The van der Waals surface area contributed by atoms with Gasteiger partial charge in [-0.15, -0.1) is 0 Å². The van der Waals surface area contributed by atoms with Gasteiger partial charge < -0.3 is 15.6 Å². The number of esters is 1. The third kappa shape index (κ3) is 5.09. The van der Waals surface area contributed by atoms with Crippen LogP contribution in [0.1, 0.15) is 39.5 Å². The number of nitrogens with zero attached hydrogens (tertiary/aromatic N) is 1. The first-order chi connectivity index (χ1) is 9.40. The zero-order chi connectivity index (χ0) is 15.2. The van der Waals surface area contributed by atoms with E-state index in [1.807, 2.05) is 11.8 Å². The van der Waals surface area contributed by atoms with E-state index in [4.69, 9.17) is 10.5 Å². The Kier molecular flexibility index (Phi) is 6.42. The van der Waals surface area contributed by atoms with Crippen LogP contribution in [0, 0.1) is 5.92 Å². The van der Waals surface area contributed by atoms with E-state index in [0.29, 0.717) is 45.4 Å². The Morgan fingerprint density at radius 2 is 1.95 bits per heavy atom. The molecule has 1 fully saturated rings. The molecule has 1 aliphatic rings. The van der Waals surface area contributed by atoms with Gasteiger partial charge in [-0.25, -0.2) is 0 Å². The second-order valence-electron chi connectivity index (χ2n) is 5.52. The highest BCUT2D eigenvalue weighted by Crippen LogP contribution is 2.33. The number of primary amides is 1. The average molecular weight is 286 g/mol. The number of aliphatic hydroxyl groups is 1. The first kappa shape index (κ1) is 16.9. The lowest BCUT2D eigenvalue weighted by Crippen LogP contribution is -2.48. The molecule has 1 aliphatic carbocycles. The topological polar surface area (TPSA) is 92.9 Å². The molecule has 6 heteroatoms. The monoisotopic (exact) mass is 286 g/mol. The van der Waals surface area contributed by atoms with Crippen molar-refractivity contribution in [3.8, 4) is 0 Å². The SMILES string of the molecule is CCOC(=O)C1CCC(O)(CN(CC)CC(N)=O)CC1. The molecule has 0 atom stereocenters. The van der Waals surface area contributed by atoms with Crippen LogP contribution in [-0.2, 0) is 14.3 Å². The van der Waals surface area contributed by atoms with Crippen molar-refractivity contribution in [2.24, 2.45) is 11.7 Å². The van der Waals surface area contributed by atoms with Crippen molar-refractivity contribution < 1.29 is 19.4 Å². The molecule has 1 amide bonds. The maximum absolute atomic E-state index is 11.7. The largest absolute Gasteiger partial charge is 0.466 e. The number of likely N-dealkylation sites (N-methyl/N-ethyl adjacent to an activating group) is 1. The summed E-state index contributed by atoms with van der Waals surface area (Å²) in [4.78, 5) is 24.5. The third-order valence-corrected chi connectivity index (χ3v) is 3.88. The minimum absolute atomic E-state index is 0.110. The number of ether oxygens (including phenoxy) is 1. The quantitative estimate of drug-likeness (QED) is 0.656. The molecule has 0 radical (unpaired) electrons. The number of carbonyl (C=O) groups excluding carboxylic acids is 2. The van der Waals surface area contributed by atoms with E-state index >= 15 is 0 Å². The molecule has 0 aromatic carbocycles. The molecule has 1 saturated carbocycles. The predicted octanol–water partition coefficient (Wildman–Crippen LogP) is 0.278. The van der Waals surface area contributed by atoms with Crippen LogP contribution in [0.2, 0.25) is 0 Å². The molecule has 0 saturated heterocycles. The average Bonchev–Trinajstić information content (AvgIpc) is 2.38. The Morgan fingerprint density at radius 3 is 2.40 bits per heavy atom. The highest BCUT2D eigenvalue weighted by Gasteiger charge is 2.37. The number of carbonyl (C=O) groups is 2. The normalized spacial score (nSPS) is 26.5. The lowest BCUT2D eigenvalue weighted by molar-refractivity contribution is -0.151. The fourth-order valence-corrected chi connectivity index (χ4v) is 2.73. The number of rotatable bonds is 7. The smallest absolute Gasteiger partial charge is 0.308 e.